The van der Waals surface area contributed by atoms with Crippen LogP contribution in [0.1, 0.15) is 16.2 Å². The van der Waals surface area contributed by atoms with Gasteiger partial charge in [-0.2, -0.15) is 10.3 Å². The van der Waals surface area contributed by atoms with Crippen molar-refractivity contribution < 1.29 is 9.90 Å². The molecule has 0 fully saturated rings. The molecule has 0 aromatic carbocycles. The molecule has 0 amide bonds. The maximum atomic E-state index is 10.3. The predicted octanol–water partition coefficient (Wildman–Crippen LogP) is -1.04. The third kappa shape index (κ3) is 0.960. The van der Waals surface area contributed by atoms with Crippen LogP contribution in [0.2, 0.25) is 0 Å². The summed E-state index contributed by atoms with van der Waals surface area (Å²) in [7, 11) is 0. The van der Waals surface area contributed by atoms with Crippen LogP contribution in [0.25, 0.3) is 0 Å². The first-order valence-corrected chi connectivity index (χ1v) is 2.58. The summed E-state index contributed by atoms with van der Waals surface area (Å²) in [5.74, 6) is -1.12. The van der Waals surface area contributed by atoms with E-state index in [1.54, 1.807) is 0 Å². The molecule has 0 bridgehead atoms. The number of rotatable bonds is 2. The lowest BCUT2D eigenvalue weighted by Gasteiger charge is -1.87. The Balaban J connectivity index is 3.01. The molecular weight excluding hydrogens is 136 g/mol. The summed E-state index contributed by atoms with van der Waals surface area (Å²) in [4.78, 5) is 10.3. The highest BCUT2D eigenvalue weighted by Gasteiger charge is 2.12. The molecule has 0 radical (unpaired) electrons. The van der Waals surface area contributed by atoms with Gasteiger partial charge in [0.05, 0.1) is 0 Å². The number of aromatic carboxylic acids is 1. The van der Waals surface area contributed by atoms with Crippen LogP contribution in [-0.2, 0) is 6.54 Å². The molecule has 0 aliphatic rings. The molecule has 0 spiro atoms. The second-order valence-corrected chi connectivity index (χ2v) is 1.63. The zero-order valence-corrected chi connectivity index (χ0v) is 5.03. The average Bonchev–Trinajstić information content (AvgIpc) is 2.33. The standard InChI is InChI=1S/C4H6N4O2/c5-1-2-3(4(9)10)7-8-6-2/h1,5H2,(H,9,10)(H,6,7,8). The molecule has 0 aliphatic carbocycles. The topological polar surface area (TPSA) is 105 Å². The molecular formula is C4H6N4O2. The minimum atomic E-state index is -1.12. The van der Waals surface area contributed by atoms with Gasteiger partial charge in [-0.25, -0.2) is 4.79 Å². The van der Waals surface area contributed by atoms with Gasteiger partial charge in [-0.1, -0.05) is 0 Å². The molecule has 0 saturated heterocycles. The minimum Gasteiger partial charge on any atom is -0.476 e. The van der Waals surface area contributed by atoms with E-state index in [1.807, 2.05) is 0 Å². The zero-order chi connectivity index (χ0) is 7.56. The zero-order valence-electron chi connectivity index (χ0n) is 5.03. The van der Waals surface area contributed by atoms with Crippen molar-refractivity contribution in [3.8, 4) is 0 Å². The molecule has 54 valence electrons. The van der Waals surface area contributed by atoms with Crippen LogP contribution in [0.5, 0.6) is 0 Å². The number of nitrogens with zero attached hydrogens (tertiary/aromatic N) is 2. The summed E-state index contributed by atoms with van der Waals surface area (Å²) in [6, 6.07) is 0. The summed E-state index contributed by atoms with van der Waals surface area (Å²) in [6.45, 7) is 0.0815. The second-order valence-electron chi connectivity index (χ2n) is 1.63. The molecule has 1 heterocycles. The molecule has 0 saturated carbocycles. The van der Waals surface area contributed by atoms with Gasteiger partial charge in [0, 0.05) is 6.54 Å². The summed E-state index contributed by atoms with van der Waals surface area (Å²) < 4.78 is 0. The summed E-state index contributed by atoms with van der Waals surface area (Å²) in [5.41, 5.74) is 5.31. The number of nitrogens with one attached hydrogen (secondary N) is 1. The van der Waals surface area contributed by atoms with Gasteiger partial charge < -0.3 is 10.8 Å². The first kappa shape index (κ1) is 6.69. The Kier molecular flexibility index (Phi) is 1.63. The Morgan fingerprint density at radius 1 is 1.70 bits per heavy atom. The fourth-order valence-electron chi connectivity index (χ4n) is 0.566. The molecule has 6 nitrogen and oxygen atoms in total. The molecule has 0 atom stereocenters. The van der Waals surface area contributed by atoms with Crippen LogP contribution in [0.15, 0.2) is 0 Å². The number of nitrogens with two attached hydrogens (primary N) is 1. The van der Waals surface area contributed by atoms with Crippen molar-refractivity contribution in [2.45, 2.75) is 6.54 Å². The summed E-state index contributed by atoms with van der Waals surface area (Å²) >= 11 is 0. The Hall–Kier alpha value is -1.43. The SMILES string of the molecule is NCc1n[nH]nc1C(=O)O. The molecule has 1 aromatic heterocycles. The smallest absolute Gasteiger partial charge is 0.358 e. The van der Waals surface area contributed by atoms with Crippen molar-refractivity contribution in [2.24, 2.45) is 5.73 Å². The number of carboxylic acids is 1. The van der Waals surface area contributed by atoms with Gasteiger partial charge in [-0.05, 0) is 0 Å². The highest BCUT2D eigenvalue weighted by atomic mass is 16.4. The number of aromatic amines is 1. The van der Waals surface area contributed by atoms with Crippen LogP contribution < -0.4 is 5.73 Å². The largest absolute Gasteiger partial charge is 0.476 e. The van der Waals surface area contributed by atoms with Gasteiger partial charge in [-0.15, -0.1) is 5.10 Å². The quantitative estimate of drug-likeness (QED) is 0.489. The fraction of sp³-hybridized carbons (Fsp3) is 0.250. The lowest BCUT2D eigenvalue weighted by molar-refractivity contribution is 0.0689. The average molecular weight is 142 g/mol. The molecule has 6 heteroatoms. The Morgan fingerprint density at radius 3 is 2.80 bits per heavy atom. The van der Waals surface area contributed by atoms with E-state index in [0.29, 0.717) is 0 Å². The van der Waals surface area contributed by atoms with Gasteiger partial charge in [0.25, 0.3) is 0 Å². The Bertz CT molecular complexity index is 243. The van der Waals surface area contributed by atoms with Crippen molar-refractivity contribution in [1.29, 1.82) is 0 Å². The number of aromatic nitrogens is 3. The van der Waals surface area contributed by atoms with Crippen LogP contribution in [-0.4, -0.2) is 26.5 Å². The lowest BCUT2D eigenvalue weighted by Crippen LogP contribution is -2.06. The monoisotopic (exact) mass is 142 g/mol. The van der Waals surface area contributed by atoms with Crippen molar-refractivity contribution in [1.82, 2.24) is 15.4 Å². The van der Waals surface area contributed by atoms with E-state index < -0.39 is 5.97 Å². The third-order valence-corrected chi connectivity index (χ3v) is 1.02. The molecule has 0 unspecified atom stereocenters. The number of H-pyrrole nitrogens is 1. The Morgan fingerprint density at radius 2 is 2.40 bits per heavy atom. The second kappa shape index (κ2) is 2.44. The highest BCUT2D eigenvalue weighted by Crippen LogP contribution is 1.97. The van der Waals surface area contributed by atoms with Crippen molar-refractivity contribution in [2.75, 3.05) is 0 Å². The molecule has 4 N–H and O–H groups in total. The number of carbonyl (C=O) groups is 1. The summed E-state index contributed by atoms with van der Waals surface area (Å²) in [5, 5.41) is 17.5. The van der Waals surface area contributed by atoms with E-state index in [1.165, 1.54) is 0 Å². The number of carboxylic acid groups (broad SMARTS) is 1. The van der Waals surface area contributed by atoms with Gasteiger partial charge in [0.2, 0.25) is 0 Å². The predicted molar refractivity (Wildman–Crippen MR) is 31.2 cm³/mol. The maximum absolute atomic E-state index is 10.3. The normalized spacial score (nSPS) is 9.70. The van der Waals surface area contributed by atoms with Crippen molar-refractivity contribution in [3.63, 3.8) is 0 Å². The van der Waals surface area contributed by atoms with E-state index in [4.69, 9.17) is 10.8 Å². The molecule has 0 aliphatic heterocycles. The first-order chi connectivity index (χ1) is 4.75. The third-order valence-electron chi connectivity index (χ3n) is 1.02. The van der Waals surface area contributed by atoms with Crippen molar-refractivity contribution >= 4 is 5.97 Å². The van der Waals surface area contributed by atoms with Crippen molar-refractivity contribution in [3.05, 3.63) is 11.4 Å². The minimum absolute atomic E-state index is 0.0815. The van der Waals surface area contributed by atoms with Crippen LogP contribution >= 0.6 is 0 Å². The van der Waals surface area contributed by atoms with Crippen LogP contribution in [0.3, 0.4) is 0 Å². The molecule has 1 rings (SSSR count). The lowest BCUT2D eigenvalue weighted by atomic mass is 10.3. The van der Waals surface area contributed by atoms with Gasteiger partial charge in [0.15, 0.2) is 5.69 Å². The van der Waals surface area contributed by atoms with Gasteiger partial charge in [-0.3, -0.25) is 0 Å². The Labute approximate surface area is 56.0 Å². The molecule has 10 heavy (non-hydrogen) atoms. The van der Waals surface area contributed by atoms with E-state index >= 15 is 0 Å². The van der Waals surface area contributed by atoms with Gasteiger partial charge in [0.1, 0.15) is 5.69 Å². The van der Waals surface area contributed by atoms with E-state index in [0.717, 1.165) is 0 Å². The highest BCUT2D eigenvalue weighted by molar-refractivity contribution is 5.86. The van der Waals surface area contributed by atoms with Gasteiger partial charge >= 0.3 is 5.97 Å². The van der Waals surface area contributed by atoms with Crippen LogP contribution in [0, 0.1) is 0 Å². The van der Waals surface area contributed by atoms with E-state index in [9.17, 15) is 4.79 Å². The summed E-state index contributed by atoms with van der Waals surface area (Å²) in [6.07, 6.45) is 0. The fourth-order valence-corrected chi connectivity index (χ4v) is 0.566. The van der Waals surface area contributed by atoms with E-state index in [2.05, 4.69) is 15.4 Å². The van der Waals surface area contributed by atoms with E-state index in [-0.39, 0.29) is 17.9 Å². The number of hydrogen-bond donors (Lipinski definition) is 3. The van der Waals surface area contributed by atoms with Crippen LogP contribution in [0.4, 0.5) is 0 Å². The first-order valence-electron chi connectivity index (χ1n) is 2.58. The molecule has 1 aromatic rings. The number of hydrogen-bond acceptors (Lipinski definition) is 4. The maximum Gasteiger partial charge on any atom is 0.358 e.